The Labute approximate surface area is 222 Å². The summed E-state index contributed by atoms with van der Waals surface area (Å²) in [6.45, 7) is 7.20. The fourth-order valence-corrected chi connectivity index (χ4v) is 3.94. The maximum Gasteiger partial charge on any atom is 0.420 e. The van der Waals surface area contributed by atoms with Crippen molar-refractivity contribution in [1.82, 2.24) is 19.3 Å². The molecular weight excluding hydrogens is 484 g/mol. The van der Waals surface area contributed by atoms with Crippen molar-refractivity contribution >= 4 is 17.1 Å². The predicted molar refractivity (Wildman–Crippen MR) is 143 cm³/mol. The van der Waals surface area contributed by atoms with E-state index in [9.17, 15) is 9.90 Å². The van der Waals surface area contributed by atoms with Gasteiger partial charge in [-0.1, -0.05) is 42.2 Å². The number of aliphatic hydroxyl groups is 1. The molecule has 198 valence electrons. The number of aryl methyl sites for hydroxylation is 1. The van der Waals surface area contributed by atoms with Gasteiger partial charge in [-0.2, -0.15) is 5.10 Å². The second-order valence-electron chi connectivity index (χ2n) is 10.1. The van der Waals surface area contributed by atoms with Gasteiger partial charge in [0.1, 0.15) is 24.1 Å². The molecule has 0 spiro atoms. The van der Waals surface area contributed by atoms with Crippen LogP contribution in [0.5, 0.6) is 0 Å². The molecule has 4 aromatic rings. The van der Waals surface area contributed by atoms with Crippen LogP contribution in [0.4, 0.5) is 4.79 Å². The van der Waals surface area contributed by atoms with Gasteiger partial charge in [-0.25, -0.2) is 14.3 Å². The van der Waals surface area contributed by atoms with Gasteiger partial charge in [0.05, 0.1) is 6.20 Å². The molecule has 2 unspecified atom stereocenters. The maximum atomic E-state index is 13.0. The molecule has 1 aromatic carbocycles. The highest BCUT2D eigenvalue weighted by molar-refractivity contribution is 5.92. The van der Waals surface area contributed by atoms with Gasteiger partial charge in [0.25, 0.3) is 0 Å². The summed E-state index contributed by atoms with van der Waals surface area (Å²) in [6, 6.07) is 11.3. The third-order valence-electron chi connectivity index (χ3n) is 5.83. The van der Waals surface area contributed by atoms with E-state index in [0.29, 0.717) is 16.6 Å². The number of rotatable bonds is 6. The molecule has 4 rings (SSSR count). The Morgan fingerprint density at radius 2 is 1.84 bits per heavy atom. The quantitative estimate of drug-likeness (QED) is 0.290. The number of methoxy groups -OCH3 is 1. The zero-order valence-corrected chi connectivity index (χ0v) is 22.4. The molecule has 0 bridgehead atoms. The molecule has 0 amide bonds. The van der Waals surface area contributed by atoms with Crippen LogP contribution in [0, 0.1) is 11.8 Å². The first-order chi connectivity index (χ1) is 18.0. The van der Waals surface area contributed by atoms with Crippen LogP contribution in [0.25, 0.3) is 22.2 Å². The lowest BCUT2D eigenvalue weighted by molar-refractivity contribution is -0.0991. The monoisotopic (exact) mass is 516 g/mol. The summed E-state index contributed by atoms with van der Waals surface area (Å²) < 4.78 is 19.6. The summed E-state index contributed by atoms with van der Waals surface area (Å²) in [5.41, 5.74) is 1.46. The fourth-order valence-electron chi connectivity index (χ4n) is 3.94. The van der Waals surface area contributed by atoms with Crippen molar-refractivity contribution in [3.8, 4) is 23.0 Å². The first kappa shape index (κ1) is 27.1. The molecule has 0 saturated carbocycles. The summed E-state index contributed by atoms with van der Waals surface area (Å²) >= 11 is 0. The molecule has 38 heavy (non-hydrogen) atoms. The van der Waals surface area contributed by atoms with E-state index in [1.807, 2.05) is 56.6 Å². The summed E-state index contributed by atoms with van der Waals surface area (Å²) in [5, 5.41) is 16.1. The summed E-state index contributed by atoms with van der Waals surface area (Å²) in [6.07, 6.45) is 4.92. The molecule has 2 atom stereocenters. The van der Waals surface area contributed by atoms with Crippen LogP contribution >= 0.6 is 0 Å². The van der Waals surface area contributed by atoms with E-state index in [1.165, 1.54) is 17.9 Å². The zero-order chi connectivity index (χ0) is 27.5. The number of fused-ring (bicyclic) bond motifs is 1. The Morgan fingerprint density at radius 3 is 2.47 bits per heavy atom. The SMILES string of the molecule is COCOC(C)(C#CC(O)c1cn(C(=O)OC(C)(C)C)c2ncc(-c3cnn(C)c3)cc12)c1ccccc1. The van der Waals surface area contributed by atoms with Gasteiger partial charge in [-0.3, -0.25) is 4.68 Å². The van der Waals surface area contributed by atoms with E-state index < -0.39 is 23.4 Å². The average Bonchev–Trinajstić information content (AvgIpc) is 3.49. The Bertz CT molecular complexity index is 1490. The first-order valence-electron chi connectivity index (χ1n) is 12.1. The van der Waals surface area contributed by atoms with Crippen molar-refractivity contribution in [2.75, 3.05) is 13.9 Å². The molecule has 3 aromatic heterocycles. The number of aliphatic hydroxyl groups excluding tert-OH is 1. The Kier molecular flexibility index (Phi) is 7.69. The molecule has 0 aliphatic heterocycles. The van der Waals surface area contributed by atoms with Crippen LogP contribution in [-0.4, -0.2) is 50.0 Å². The second-order valence-corrected chi connectivity index (χ2v) is 10.1. The van der Waals surface area contributed by atoms with Gasteiger partial charge in [-0.15, -0.1) is 0 Å². The Balaban J connectivity index is 1.81. The number of carbonyl (C=O) groups is 1. The molecule has 0 fully saturated rings. The molecule has 0 aliphatic carbocycles. The summed E-state index contributed by atoms with van der Waals surface area (Å²) in [7, 11) is 3.36. The average molecular weight is 517 g/mol. The number of pyridine rings is 1. The number of hydrogen-bond acceptors (Lipinski definition) is 7. The third-order valence-corrected chi connectivity index (χ3v) is 5.83. The fraction of sp³-hybridized carbons (Fsp3) is 0.345. The summed E-state index contributed by atoms with van der Waals surface area (Å²) in [4.78, 5) is 17.6. The minimum absolute atomic E-state index is 0.0203. The molecule has 1 N–H and O–H groups in total. The van der Waals surface area contributed by atoms with Gasteiger partial charge in [0.15, 0.2) is 5.60 Å². The molecular formula is C29H32N4O5. The number of carbonyl (C=O) groups excluding carboxylic acids is 1. The number of nitrogens with zero attached hydrogens (tertiary/aromatic N) is 4. The standard InChI is InChI=1S/C29H32N4O5/c1-28(2,3)38-27(35)33-18-24(23-14-20(15-30-26(23)33)21-16-31-32(5)17-21)25(34)12-13-29(4,37-19-36-6)22-10-8-7-9-11-22/h7-11,14-18,25,34H,19H2,1-6H3. The van der Waals surface area contributed by atoms with Crippen molar-refractivity contribution in [3.05, 3.63) is 72.3 Å². The topological polar surface area (TPSA) is 101 Å². The highest BCUT2D eigenvalue weighted by Gasteiger charge is 2.27. The lowest BCUT2D eigenvalue weighted by atomic mass is 9.95. The van der Waals surface area contributed by atoms with E-state index in [-0.39, 0.29) is 6.79 Å². The second kappa shape index (κ2) is 10.8. The molecule has 9 nitrogen and oxygen atoms in total. The molecule has 0 radical (unpaired) electrons. The van der Waals surface area contributed by atoms with Crippen molar-refractivity contribution < 1.29 is 24.1 Å². The van der Waals surface area contributed by atoms with Crippen molar-refractivity contribution in [3.63, 3.8) is 0 Å². The van der Waals surface area contributed by atoms with Crippen LogP contribution in [0.2, 0.25) is 0 Å². The van der Waals surface area contributed by atoms with Crippen LogP contribution in [0.3, 0.4) is 0 Å². The third kappa shape index (κ3) is 5.94. The van der Waals surface area contributed by atoms with Crippen LogP contribution in [0.15, 0.2) is 61.2 Å². The normalized spacial score (nSPS) is 14.0. The van der Waals surface area contributed by atoms with Crippen LogP contribution < -0.4 is 0 Å². The van der Waals surface area contributed by atoms with E-state index in [1.54, 1.807) is 37.8 Å². The van der Waals surface area contributed by atoms with E-state index in [0.717, 1.165) is 16.7 Å². The maximum absolute atomic E-state index is 13.0. The molecule has 0 aliphatic rings. The highest BCUT2D eigenvalue weighted by Crippen LogP contribution is 2.31. The van der Waals surface area contributed by atoms with Gasteiger partial charge < -0.3 is 19.3 Å². The van der Waals surface area contributed by atoms with Crippen LogP contribution in [0.1, 0.15) is 44.9 Å². The summed E-state index contributed by atoms with van der Waals surface area (Å²) in [5.74, 6) is 5.99. The number of benzene rings is 1. The number of hydrogen-bond donors (Lipinski definition) is 1. The molecule has 9 heteroatoms. The zero-order valence-electron chi connectivity index (χ0n) is 22.4. The molecule has 0 saturated heterocycles. The number of aromatic nitrogens is 4. The lowest BCUT2D eigenvalue weighted by Crippen LogP contribution is -2.27. The van der Waals surface area contributed by atoms with Gasteiger partial charge >= 0.3 is 6.09 Å². The lowest BCUT2D eigenvalue weighted by Gasteiger charge is -2.24. The van der Waals surface area contributed by atoms with E-state index in [4.69, 9.17) is 14.2 Å². The van der Waals surface area contributed by atoms with E-state index in [2.05, 4.69) is 21.9 Å². The van der Waals surface area contributed by atoms with Gasteiger partial charge in [0, 0.05) is 54.8 Å². The largest absolute Gasteiger partial charge is 0.443 e. The number of ether oxygens (including phenoxy) is 3. The van der Waals surface area contributed by atoms with Gasteiger partial charge in [-0.05, 0) is 39.3 Å². The van der Waals surface area contributed by atoms with Crippen molar-refractivity contribution in [1.29, 1.82) is 0 Å². The van der Waals surface area contributed by atoms with Crippen molar-refractivity contribution in [2.45, 2.75) is 45.0 Å². The van der Waals surface area contributed by atoms with Crippen molar-refractivity contribution in [2.24, 2.45) is 7.05 Å². The highest BCUT2D eigenvalue weighted by atomic mass is 16.7. The molecule has 3 heterocycles. The minimum Gasteiger partial charge on any atom is -0.443 e. The smallest absolute Gasteiger partial charge is 0.420 e. The van der Waals surface area contributed by atoms with Gasteiger partial charge in [0.2, 0.25) is 0 Å². The Hall–Kier alpha value is -3.97. The minimum atomic E-state index is -1.25. The Morgan fingerprint density at radius 1 is 1.11 bits per heavy atom. The predicted octanol–water partition coefficient (Wildman–Crippen LogP) is 4.79. The first-order valence-corrected chi connectivity index (χ1v) is 12.1. The van der Waals surface area contributed by atoms with E-state index >= 15 is 0 Å². The van der Waals surface area contributed by atoms with Crippen LogP contribution in [-0.2, 0) is 26.9 Å².